The zero-order valence-electron chi connectivity index (χ0n) is 7.23. The molecule has 0 aliphatic carbocycles. The highest BCUT2D eigenvalue weighted by Gasteiger charge is 2.01. The minimum absolute atomic E-state index is 0. The molecule has 0 saturated heterocycles. The molecule has 0 amide bonds. The first-order valence-corrected chi connectivity index (χ1v) is 3.74. The van der Waals surface area contributed by atoms with Crippen LogP contribution < -0.4 is 5.32 Å². The molecular formula is C9H13ClFN. The maximum absolute atomic E-state index is 13.1. The third-order valence-corrected chi connectivity index (χ3v) is 1.56. The molecule has 0 radical (unpaired) electrons. The molecule has 68 valence electrons. The number of anilines is 1. The van der Waals surface area contributed by atoms with E-state index in [-0.39, 0.29) is 18.2 Å². The number of aryl methyl sites for hydroxylation is 1. The van der Waals surface area contributed by atoms with Gasteiger partial charge in [0.25, 0.3) is 0 Å². The lowest BCUT2D eigenvalue weighted by molar-refractivity contribution is 0.621. The Morgan fingerprint density at radius 2 is 2.08 bits per heavy atom. The molecule has 0 atom stereocenters. The maximum atomic E-state index is 13.1. The Bertz CT molecular complexity index is 250. The molecule has 0 fully saturated rings. The van der Waals surface area contributed by atoms with Gasteiger partial charge in [0.2, 0.25) is 0 Å². The van der Waals surface area contributed by atoms with Gasteiger partial charge in [0.05, 0.1) is 5.69 Å². The zero-order chi connectivity index (χ0) is 8.27. The number of halogens is 2. The van der Waals surface area contributed by atoms with Crippen molar-refractivity contribution in [3.63, 3.8) is 0 Å². The Morgan fingerprint density at radius 3 is 2.67 bits per heavy atom. The summed E-state index contributed by atoms with van der Waals surface area (Å²) in [5, 5.41) is 2.94. The van der Waals surface area contributed by atoms with Crippen LogP contribution in [0.3, 0.4) is 0 Å². The molecule has 3 heteroatoms. The predicted molar refractivity (Wildman–Crippen MR) is 52.5 cm³/mol. The van der Waals surface area contributed by atoms with Crippen molar-refractivity contribution >= 4 is 18.1 Å². The highest BCUT2D eigenvalue weighted by molar-refractivity contribution is 5.85. The Morgan fingerprint density at radius 1 is 1.42 bits per heavy atom. The maximum Gasteiger partial charge on any atom is 0.149 e. The van der Waals surface area contributed by atoms with E-state index >= 15 is 0 Å². The lowest BCUT2D eigenvalue weighted by Crippen LogP contribution is -1.99. The molecule has 1 aromatic rings. The highest BCUT2D eigenvalue weighted by Crippen LogP contribution is 2.16. The molecule has 0 bridgehead atoms. The van der Waals surface area contributed by atoms with Crippen molar-refractivity contribution in [2.24, 2.45) is 0 Å². The first-order chi connectivity index (χ1) is 5.25. The molecule has 0 aromatic heterocycles. The zero-order valence-corrected chi connectivity index (χ0v) is 8.04. The normalized spacial score (nSPS) is 8.92. The highest BCUT2D eigenvalue weighted by atomic mass is 35.5. The molecule has 1 nitrogen and oxygen atoms in total. The van der Waals surface area contributed by atoms with Crippen LogP contribution in [-0.4, -0.2) is 6.54 Å². The van der Waals surface area contributed by atoms with E-state index in [1.165, 1.54) is 0 Å². The van der Waals surface area contributed by atoms with E-state index in [0.29, 0.717) is 11.3 Å². The van der Waals surface area contributed by atoms with Crippen molar-refractivity contribution in [2.45, 2.75) is 13.8 Å². The second-order valence-corrected chi connectivity index (χ2v) is 2.47. The minimum atomic E-state index is -0.144. The molecule has 12 heavy (non-hydrogen) atoms. The lowest BCUT2D eigenvalue weighted by Gasteiger charge is -2.05. The Balaban J connectivity index is 0.00000121. The van der Waals surface area contributed by atoms with Crippen molar-refractivity contribution in [3.05, 3.63) is 29.6 Å². The monoisotopic (exact) mass is 189 g/mol. The Labute approximate surface area is 78.4 Å². The van der Waals surface area contributed by atoms with Gasteiger partial charge in [0.1, 0.15) is 5.82 Å². The summed E-state index contributed by atoms with van der Waals surface area (Å²) >= 11 is 0. The van der Waals surface area contributed by atoms with E-state index < -0.39 is 0 Å². The Kier molecular flexibility index (Phi) is 4.67. The number of hydrogen-bond acceptors (Lipinski definition) is 1. The van der Waals surface area contributed by atoms with Gasteiger partial charge in [-0.1, -0.05) is 12.1 Å². The van der Waals surface area contributed by atoms with Crippen molar-refractivity contribution in [3.8, 4) is 0 Å². The summed E-state index contributed by atoms with van der Waals surface area (Å²) in [6.07, 6.45) is 0. The van der Waals surface area contributed by atoms with Gasteiger partial charge in [-0.3, -0.25) is 0 Å². The van der Waals surface area contributed by atoms with Crippen LogP contribution in [0.5, 0.6) is 0 Å². The fourth-order valence-corrected chi connectivity index (χ4v) is 0.974. The van der Waals surface area contributed by atoms with Crippen LogP contribution in [0.2, 0.25) is 0 Å². The van der Waals surface area contributed by atoms with Gasteiger partial charge in [-0.05, 0) is 25.5 Å². The van der Waals surface area contributed by atoms with Crippen LogP contribution in [0.4, 0.5) is 10.1 Å². The minimum Gasteiger partial charge on any atom is -0.383 e. The van der Waals surface area contributed by atoms with Crippen molar-refractivity contribution in [2.75, 3.05) is 11.9 Å². The molecule has 0 aliphatic heterocycles. The summed E-state index contributed by atoms with van der Waals surface area (Å²) in [7, 11) is 0. The van der Waals surface area contributed by atoms with E-state index in [0.717, 1.165) is 6.54 Å². The Hall–Kier alpha value is -0.760. The molecule has 1 rings (SSSR count). The quantitative estimate of drug-likeness (QED) is 0.754. The molecule has 0 spiro atoms. The van der Waals surface area contributed by atoms with Gasteiger partial charge in [-0.2, -0.15) is 0 Å². The van der Waals surface area contributed by atoms with Gasteiger partial charge in [0, 0.05) is 6.54 Å². The summed E-state index contributed by atoms with van der Waals surface area (Å²) in [5.74, 6) is -0.144. The van der Waals surface area contributed by atoms with Gasteiger partial charge in [-0.15, -0.1) is 12.4 Å². The largest absolute Gasteiger partial charge is 0.383 e. The fourth-order valence-electron chi connectivity index (χ4n) is 0.974. The topological polar surface area (TPSA) is 12.0 Å². The average molecular weight is 190 g/mol. The average Bonchev–Trinajstić information content (AvgIpc) is 1.99. The summed E-state index contributed by atoms with van der Waals surface area (Å²) in [4.78, 5) is 0. The van der Waals surface area contributed by atoms with Crippen molar-refractivity contribution in [1.29, 1.82) is 0 Å². The molecule has 1 aromatic carbocycles. The molecular weight excluding hydrogens is 177 g/mol. The van der Waals surface area contributed by atoms with E-state index in [2.05, 4.69) is 5.32 Å². The number of rotatable bonds is 2. The lowest BCUT2D eigenvalue weighted by atomic mass is 10.2. The standard InChI is InChI=1S/C9H12FN.ClH/c1-3-11-8-6-4-5-7(2)9(8)10;/h4-6,11H,3H2,1-2H3;1H. The first-order valence-electron chi connectivity index (χ1n) is 3.74. The summed E-state index contributed by atoms with van der Waals surface area (Å²) in [5.41, 5.74) is 1.27. The summed E-state index contributed by atoms with van der Waals surface area (Å²) in [6, 6.07) is 5.35. The van der Waals surface area contributed by atoms with Crippen LogP contribution in [-0.2, 0) is 0 Å². The van der Waals surface area contributed by atoms with Crippen molar-refractivity contribution in [1.82, 2.24) is 0 Å². The van der Waals surface area contributed by atoms with Crippen LogP contribution in [0.1, 0.15) is 12.5 Å². The molecule has 0 saturated carbocycles. The van der Waals surface area contributed by atoms with E-state index in [9.17, 15) is 4.39 Å². The number of nitrogens with one attached hydrogen (secondary N) is 1. The summed E-state index contributed by atoms with van der Waals surface area (Å²) in [6.45, 7) is 4.46. The van der Waals surface area contributed by atoms with Crippen LogP contribution in [0.25, 0.3) is 0 Å². The molecule has 0 aliphatic rings. The molecule has 0 heterocycles. The van der Waals surface area contributed by atoms with Crippen LogP contribution >= 0.6 is 12.4 Å². The predicted octanol–water partition coefficient (Wildman–Crippen LogP) is 2.99. The van der Waals surface area contributed by atoms with Gasteiger partial charge >= 0.3 is 0 Å². The first kappa shape index (κ1) is 11.2. The number of hydrogen-bond donors (Lipinski definition) is 1. The van der Waals surface area contributed by atoms with E-state index in [1.54, 1.807) is 19.1 Å². The summed E-state index contributed by atoms with van der Waals surface area (Å²) < 4.78 is 13.1. The van der Waals surface area contributed by atoms with E-state index in [1.807, 2.05) is 13.0 Å². The number of benzene rings is 1. The van der Waals surface area contributed by atoms with E-state index in [4.69, 9.17) is 0 Å². The van der Waals surface area contributed by atoms with Crippen LogP contribution in [0, 0.1) is 12.7 Å². The third-order valence-electron chi connectivity index (χ3n) is 1.56. The van der Waals surface area contributed by atoms with Crippen LogP contribution in [0.15, 0.2) is 18.2 Å². The second kappa shape index (κ2) is 4.99. The van der Waals surface area contributed by atoms with Gasteiger partial charge < -0.3 is 5.32 Å². The van der Waals surface area contributed by atoms with Gasteiger partial charge in [-0.25, -0.2) is 4.39 Å². The molecule has 0 unspecified atom stereocenters. The second-order valence-electron chi connectivity index (χ2n) is 2.47. The van der Waals surface area contributed by atoms with Crippen molar-refractivity contribution < 1.29 is 4.39 Å². The fraction of sp³-hybridized carbons (Fsp3) is 0.333. The smallest absolute Gasteiger partial charge is 0.149 e. The van der Waals surface area contributed by atoms with Gasteiger partial charge in [0.15, 0.2) is 0 Å². The molecule has 1 N–H and O–H groups in total. The third kappa shape index (κ3) is 2.38. The SMILES string of the molecule is CCNc1cccc(C)c1F.Cl.